The van der Waals surface area contributed by atoms with Crippen molar-refractivity contribution in [3.63, 3.8) is 0 Å². The van der Waals surface area contributed by atoms with Crippen LogP contribution in [-0.2, 0) is 0 Å². The summed E-state index contributed by atoms with van der Waals surface area (Å²) in [5.74, 6) is 0.608. The van der Waals surface area contributed by atoms with Gasteiger partial charge in [-0.3, -0.25) is 4.57 Å². The number of nitriles is 1. The first-order chi connectivity index (χ1) is 6.33. The van der Waals surface area contributed by atoms with Gasteiger partial charge in [-0.1, -0.05) is 0 Å². The molecule has 0 saturated carbocycles. The highest BCUT2D eigenvalue weighted by atomic mass is 15.2. The second kappa shape index (κ2) is 2.75. The van der Waals surface area contributed by atoms with E-state index in [1.54, 1.807) is 30.2 Å². The van der Waals surface area contributed by atoms with E-state index in [0.717, 1.165) is 0 Å². The third-order valence-electron chi connectivity index (χ3n) is 1.77. The Kier molecular flexibility index (Phi) is 1.60. The molecule has 0 radical (unpaired) electrons. The Labute approximate surface area is 74.7 Å². The molecule has 2 rings (SSSR count). The average molecular weight is 173 g/mol. The maximum Gasteiger partial charge on any atom is 0.213 e. The van der Waals surface area contributed by atoms with Gasteiger partial charge in [0.05, 0.1) is 5.69 Å². The lowest BCUT2D eigenvalue weighted by molar-refractivity contribution is 0.944. The molecule has 5 heteroatoms. The third-order valence-corrected chi connectivity index (χ3v) is 1.77. The molecule has 0 spiro atoms. The van der Waals surface area contributed by atoms with Gasteiger partial charge < -0.3 is 4.98 Å². The Balaban J connectivity index is 2.60. The van der Waals surface area contributed by atoms with Crippen LogP contribution in [0.5, 0.6) is 0 Å². The smallest absolute Gasteiger partial charge is 0.213 e. The number of nitrogens with zero attached hydrogens (tertiary/aromatic N) is 4. The number of aromatic amines is 1. The lowest BCUT2D eigenvalue weighted by Crippen LogP contribution is -1.98. The minimum Gasteiger partial charge on any atom is -0.330 e. The molecule has 0 unspecified atom stereocenters. The Morgan fingerprint density at radius 1 is 1.54 bits per heavy atom. The highest BCUT2D eigenvalue weighted by molar-refractivity contribution is 5.32. The van der Waals surface area contributed by atoms with E-state index in [1.165, 1.54) is 0 Å². The first kappa shape index (κ1) is 7.55. The van der Waals surface area contributed by atoms with E-state index in [9.17, 15) is 0 Å². The van der Waals surface area contributed by atoms with Crippen molar-refractivity contribution in [3.8, 4) is 12.0 Å². The van der Waals surface area contributed by atoms with E-state index < -0.39 is 0 Å². The number of hydrogen-bond acceptors (Lipinski definition) is 3. The van der Waals surface area contributed by atoms with Crippen molar-refractivity contribution >= 4 is 0 Å². The van der Waals surface area contributed by atoms with Crippen LogP contribution in [0.15, 0.2) is 18.7 Å². The molecule has 0 saturated heterocycles. The fraction of sp³-hybridized carbons (Fsp3) is 0.125. The van der Waals surface area contributed by atoms with E-state index in [1.807, 2.05) is 0 Å². The largest absolute Gasteiger partial charge is 0.330 e. The van der Waals surface area contributed by atoms with Crippen LogP contribution < -0.4 is 0 Å². The van der Waals surface area contributed by atoms with Crippen LogP contribution in [0.25, 0.3) is 5.95 Å². The SMILES string of the molecule is Cc1ncn(-c2ncc[nH]2)c1C#N. The minimum absolute atomic E-state index is 0.509. The summed E-state index contributed by atoms with van der Waals surface area (Å²) < 4.78 is 1.62. The molecule has 0 aliphatic rings. The summed E-state index contributed by atoms with van der Waals surface area (Å²) in [6.45, 7) is 1.79. The molecule has 0 bridgehead atoms. The third kappa shape index (κ3) is 1.08. The monoisotopic (exact) mass is 173 g/mol. The fourth-order valence-electron chi connectivity index (χ4n) is 1.12. The van der Waals surface area contributed by atoms with E-state index in [-0.39, 0.29) is 0 Å². The summed E-state index contributed by atoms with van der Waals surface area (Å²) >= 11 is 0. The van der Waals surface area contributed by atoms with Crippen LogP contribution in [0.2, 0.25) is 0 Å². The van der Waals surface area contributed by atoms with Crippen LogP contribution in [0.3, 0.4) is 0 Å². The second-order valence-electron chi connectivity index (χ2n) is 2.57. The molecule has 13 heavy (non-hydrogen) atoms. The van der Waals surface area contributed by atoms with Gasteiger partial charge in [0.25, 0.3) is 0 Å². The standard InChI is InChI=1S/C8H7N5/c1-6-7(4-9)13(5-12-6)8-10-2-3-11-8/h2-3,5H,1H3,(H,10,11). The predicted octanol–water partition coefficient (Wildman–Crippen LogP) is 0.775. The summed E-state index contributed by atoms with van der Waals surface area (Å²) in [7, 11) is 0. The molecule has 1 N–H and O–H groups in total. The molecule has 2 aromatic rings. The van der Waals surface area contributed by atoms with Gasteiger partial charge in [-0.15, -0.1) is 0 Å². The lowest BCUT2D eigenvalue weighted by Gasteiger charge is -1.96. The number of hydrogen-bond donors (Lipinski definition) is 1. The van der Waals surface area contributed by atoms with E-state index >= 15 is 0 Å². The highest BCUT2D eigenvalue weighted by Crippen LogP contribution is 2.08. The van der Waals surface area contributed by atoms with Crippen molar-refractivity contribution in [1.29, 1.82) is 5.26 Å². The van der Waals surface area contributed by atoms with E-state index in [2.05, 4.69) is 21.0 Å². The Hall–Kier alpha value is -2.09. The molecule has 0 aliphatic heterocycles. The average Bonchev–Trinajstić information content (AvgIpc) is 2.71. The summed E-state index contributed by atoms with van der Waals surface area (Å²) in [6, 6.07) is 2.07. The Morgan fingerprint density at radius 2 is 2.38 bits per heavy atom. The predicted molar refractivity (Wildman–Crippen MR) is 45.2 cm³/mol. The minimum atomic E-state index is 0.509. The lowest BCUT2D eigenvalue weighted by atomic mass is 10.4. The quantitative estimate of drug-likeness (QED) is 0.692. The summed E-state index contributed by atoms with van der Waals surface area (Å²) in [4.78, 5) is 11.0. The number of rotatable bonds is 1. The zero-order valence-corrected chi connectivity index (χ0v) is 7.02. The fourth-order valence-corrected chi connectivity index (χ4v) is 1.12. The molecule has 0 fully saturated rings. The Morgan fingerprint density at radius 3 is 3.00 bits per heavy atom. The maximum absolute atomic E-state index is 8.83. The maximum atomic E-state index is 8.83. The van der Waals surface area contributed by atoms with Crippen molar-refractivity contribution in [3.05, 3.63) is 30.1 Å². The van der Waals surface area contributed by atoms with E-state index in [4.69, 9.17) is 5.26 Å². The zero-order valence-electron chi connectivity index (χ0n) is 7.02. The molecular formula is C8H7N5. The van der Waals surface area contributed by atoms with E-state index in [0.29, 0.717) is 17.3 Å². The summed E-state index contributed by atoms with van der Waals surface area (Å²) in [5.41, 5.74) is 1.22. The highest BCUT2D eigenvalue weighted by Gasteiger charge is 2.08. The van der Waals surface area contributed by atoms with Crippen LogP contribution in [0, 0.1) is 18.3 Å². The molecule has 0 amide bonds. The number of aryl methyl sites for hydroxylation is 1. The first-order valence-electron chi connectivity index (χ1n) is 3.76. The second-order valence-corrected chi connectivity index (χ2v) is 2.57. The van der Waals surface area contributed by atoms with Crippen molar-refractivity contribution in [2.24, 2.45) is 0 Å². The van der Waals surface area contributed by atoms with Gasteiger partial charge in [0.2, 0.25) is 5.95 Å². The van der Waals surface area contributed by atoms with Crippen molar-refractivity contribution in [2.45, 2.75) is 6.92 Å². The van der Waals surface area contributed by atoms with Crippen molar-refractivity contribution in [2.75, 3.05) is 0 Å². The van der Waals surface area contributed by atoms with Crippen LogP contribution in [0.4, 0.5) is 0 Å². The molecule has 5 nitrogen and oxygen atoms in total. The van der Waals surface area contributed by atoms with Gasteiger partial charge in [-0.05, 0) is 6.92 Å². The Bertz CT molecular complexity index is 445. The van der Waals surface area contributed by atoms with Gasteiger partial charge >= 0.3 is 0 Å². The molecule has 0 aliphatic carbocycles. The van der Waals surface area contributed by atoms with Crippen LogP contribution >= 0.6 is 0 Å². The molecule has 2 heterocycles. The van der Waals surface area contributed by atoms with Gasteiger partial charge in [0.1, 0.15) is 18.1 Å². The zero-order chi connectivity index (χ0) is 9.26. The number of H-pyrrole nitrogens is 1. The molecular weight excluding hydrogens is 166 g/mol. The summed E-state index contributed by atoms with van der Waals surface area (Å²) in [5, 5.41) is 8.83. The van der Waals surface area contributed by atoms with Gasteiger partial charge in [-0.2, -0.15) is 5.26 Å². The first-order valence-corrected chi connectivity index (χ1v) is 3.76. The number of imidazole rings is 2. The number of nitrogens with one attached hydrogen (secondary N) is 1. The normalized spacial score (nSPS) is 9.85. The summed E-state index contributed by atoms with van der Waals surface area (Å²) in [6.07, 6.45) is 4.91. The molecule has 2 aromatic heterocycles. The molecule has 64 valence electrons. The van der Waals surface area contributed by atoms with Crippen molar-refractivity contribution < 1.29 is 0 Å². The number of aromatic nitrogens is 4. The topological polar surface area (TPSA) is 70.3 Å². The van der Waals surface area contributed by atoms with Crippen molar-refractivity contribution in [1.82, 2.24) is 19.5 Å². The van der Waals surface area contributed by atoms with Gasteiger partial charge in [0, 0.05) is 12.4 Å². The van der Waals surface area contributed by atoms with Gasteiger partial charge in [-0.25, -0.2) is 9.97 Å². The van der Waals surface area contributed by atoms with Crippen LogP contribution in [-0.4, -0.2) is 19.5 Å². The van der Waals surface area contributed by atoms with Crippen LogP contribution in [0.1, 0.15) is 11.4 Å². The van der Waals surface area contributed by atoms with Gasteiger partial charge in [0.15, 0.2) is 0 Å². The molecule has 0 aromatic carbocycles. The molecule has 0 atom stereocenters.